The van der Waals surface area contributed by atoms with E-state index in [0.29, 0.717) is 5.13 Å². The Morgan fingerprint density at radius 2 is 2.50 bits per heavy atom. The van der Waals surface area contributed by atoms with Gasteiger partial charge in [-0.25, -0.2) is 4.98 Å². The predicted molar refractivity (Wildman–Crippen MR) is 63.0 cm³/mol. The average Bonchev–Trinajstić information content (AvgIpc) is 2.52. The second kappa shape index (κ2) is 5.18. The molecule has 0 amide bonds. The minimum atomic E-state index is -0.0702. The fourth-order valence-electron chi connectivity index (χ4n) is 0.862. The van der Waals surface area contributed by atoms with Crippen molar-refractivity contribution in [1.29, 1.82) is 0 Å². The largest absolute Gasteiger partial charge is 0.370 e. The number of nitrogens with one attached hydrogen (secondary N) is 1. The van der Waals surface area contributed by atoms with Crippen LogP contribution in [0.1, 0.15) is 18.0 Å². The fraction of sp³-hybridized carbons (Fsp3) is 0.429. The highest BCUT2D eigenvalue weighted by Gasteiger charge is 2.08. The molecule has 1 rings (SSSR count). The molecule has 14 heavy (non-hydrogen) atoms. The number of nitrogens with zero attached hydrogens (tertiary/aromatic N) is 2. The van der Waals surface area contributed by atoms with Crippen molar-refractivity contribution in [3.8, 4) is 0 Å². The number of aromatic nitrogens is 1. The van der Waals surface area contributed by atoms with Crippen LogP contribution in [0.5, 0.6) is 0 Å². The molecule has 5 nitrogen and oxygen atoms in total. The van der Waals surface area contributed by atoms with Gasteiger partial charge >= 0.3 is 0 Å². The summed E-state index contributed by atoms with van der Waals surface area (Å²) in [5.74, 6) is 0.0186. The molecule has 7 heteroatoms. The Hall–Kier alpha value is -0.790. The average molecular weight is 231 g/mol. The molecule has 0 radical (unpaired) electrons. The Bertz CT molecular complexity index is 318. The molecule has 0 saturated carbocycles. The van der Waals surface area contributed by atoms with E-state index in [1.165, 1.54) is 11.3 Å². The first-order chi connectivity index (χ1) is 6.63. The van der Waals surface area contributed by atoms with Crippen molar-refractivity contribution in [3.05, 3.63) is 11.1 Å². The van der Waals surface area contributed by atoms with Crippen molar-refractivity contribution in [2.24, 2.45) is 16.5 Å². The number of aliphatic imine (C=N–C) groups is 1. The first kappa shape index (κ1) is 11.3. The van der Waals surface area contributed by atoms with Crippen LogP contribution in [0.2, 0.25) is 0 Å². The minimum absolute atomic E-state index is 0.0186. The quantitative estimate of drug-likeness (QED) is 0.264. The summed E-state index contributed by atoms with van der Waals surface area (Å²) in [6.07, 6.45) is 0. The third-order valence-corrected chi connectivity index (χ3v) is 2.61. The summed E-state index contributed by atoms with van der Waals surface area (Å²) in [6.45, 7) is 2.84. The lowest BCUT2D eigenvalue weighted by atomic mass is 10.5. The highest BCUT2D eigenvalue weighted by molar-refractivity contribution is 7.80. The van der Waals surface area contributed by atoms with Crippen LogP contribution in [0.3, 0.4) is 0 Å². The Labute approximate surface area is 92.0 Å². The molecule has 78 valence electrons. The van der Waals surface area contributed by atoms with Crippen LogP contribution in [0.25, 0.3) is 0 Å². The van der Waals surface area contributed by atoms with E-state index in [2.05, 4.69) is 27.9 Å². The van der Waals surface area contributed by atoms with Crippen LogP contribution < -0.4 is 16.8 Å². The molecule has 0 saturated heterocycles. The summed E-state index contributed by atoms with van der Waals surface area (Å²) in [5, 5.41) is 5.49. The number of thiol groups is 1. The van der Waals surface area contributed by atoms with Gasteiger partial charge in [0.2, 0.25) is 5.13 Å². The zero-order valence-corrected chi connectivity index (χ0v) is 9.48. The minimum Gasteiger partial charge on any atom is -0.370 e. The molecule has 1 aromatic heterocycles. The van der Waals surface area contributed by atoms with Crippen molar-refractivity contribution in [3.63, 3.8) is 0 Å². The molecular formula is C7H13N5S2. The predicted octanol–water partition coefficient (Wildman–Crippen LogP) is 0.586. The van der Waals surface area contributed by atoms with E-state index in [-0.39, 0.29) is 11.3 Å². The normalized spacial score (nSPS) is 12.4. The van der Waals surface area contributed by atoms with E-state index in [1.54, 1.807) is 0 Å². The number of hydrogen-bond acceptors (Lipinski definition) is 5. The van der Waals surface area contributed by atoms with Gasteiger partial charge in [-0.05, 0) is 6.54 Å². The van der Waals surface area contributed by atoms with Crippen LogP contribution in [-0.4, -0.2) is 17.5 Å². The SMILES string of the molecule is CCNC(S)c1csc(N=C(N)N)n1. The van der Waals surface area contributed by atoms with Gasteiger partial charge in [-0.15, -0.1) is 11.3 Å². The molecule has 0 aliphatic carbocycles. The maximum Gasteiger partial charge on any atom is 0.212 e. The molecule has 0 aliphatic heterocycles. The Kier molecular flexibility index (Phi) is 4.18. The van der Waals surface area contributed by atoms with Crippen molar-refractivity contribution < 1.29 is 0 Å². The van der Waals surface area contributed by atoms with Gasteiger partial charge in [0.05, 0.1) is 11.1 Å². The summed E-state index contributed by atoms with van der Waals surface area (Å²) in [5.41, 5.74) is 11.3. The smallest absolute Gasteiger partial charge is 0.212 e. The summed E-state index contributed by atoms with van der Waals surface area (Å²) in [6, 6.07) is 0. The number of hydrogen-bond donors (Lipinski definition) is 4. The monoisotopic (exact) mass is 231 g/mol. The van der Waals surface area contributed by atoms with Gasteiger partial charge in [0.15, 0.2) is 5.96 Å². The number of nitrogens with two attached hydrogens (primary N) is 2. The molecule has 0 spiro atoms. The maximum absolute atomic E-state index is 5.23. The third kappa shape index (κ3) is 3.17. The van der Waals surface area contributed by atoms with Gasteiger partial charge in [-0.1, -0.05) is 6.92 Å². The van der Waals surface area contributed by atoms with Crippen LogP contribution in [0.4, 0.5) is 5.13 Å². The topological polar surface area (TPSA) is 89.3 Å². The summed E-state index contributed by atoms with van der Waals surface area (Å²) >= 11 is 5.71. The van der Waals surface area contributed by atoms with Crippen molar-refractivity contribution in [1.82, 2.24) is 10.3 Å². The molecule has 1 unspecified atom stereocenters. The van der Waals surface area contributed by atoms with E-state index in [0.717, 1.165) is 12.2 Å². The van der Waals surface area contributed by atoms with Crippen LogP contribution in [0, 0.1) is 0 Å². The zero-order chi connectivity index (χ0) is 10.6. The number of guanidine groups is 1. The van der Waals surface area contributed by atoms with Crippen molar-refractivity contribution in [2.45, 2.75) is 12.3 Å². The lowest BCUT2D eigenvalue weighted by Crippen LogP contribution is -2.21. The first-order valence-corrected chi connectivity index (χ1v) is 5.49. The summed E-state index contributed by atoms with van der Waals surface area (Å²) < 4.78 is 0. The van der Waals surface area contributed by atoms with E-state index < -0.39 is 0 Å². The third-order valence-electron chi connectivity index (χ3n) is 1.41. The second-order valence-electron chi connectivity index (χ2n) is 2.55. The van der Waals surface area contributed by atoms with Gasteiger partial charge in [0.25, 0.3) is 0 Å². The Morgan fingerprint density at radius 1 is 1.79 bits per heavy atom. The highest BCUT2D eigenvalue weighted by Crippen LogP contribution is 2.24. The van der Waals surface area contributed by atoms with E-state index >= 15 is 0 Å². The molecule has 0 aliphatic rings. The lowest BCUT2D eigenvalue weighted by Gasteiger charge is -2.06. The molecular weight excluding hydrogens is 218 g/mol. The maximum atomic E-state index is 5.23. The van der Waals surface area contributed by atoms with Crippen molar-refractivity contribution >= 4 is 35.1 Å². The number of rotatable bonds is 4. The van der Waals surface area contributed by atoms with Crippen LogP contribution in [-0.2, 0) is 0 Å². The lowest BCUT2D eigenvalue weighted by molar-refractivity contribution is 0.701. The first-order valence-electron chi connectivity index (χ1n) is 4.10. The van der Waals surface area contributed by atoms with Gasteiger partial charge in [-0.3, -0.25) is 0 Å². The second-order valence-corrected chi connectivity index (χ2v) is 3.90. The molecule has 0 fully saturated rings. The van der Waals surface area contributed by atoms with Crippen molar-refractivity contribution in [2.75, 3.05) is 6.54 Å². The summed E-state index contributed by atoms with van der Waals surface area (Å²) in [7, 11) is 0. The highest BCUT2D eigenvalue weighted by atomic mass is 32.1. The van der Waals surface area contributed by atoms with Crippen LogP contribution in [0.15, 0.2) is 10.4 Å². The van der Waals surface area contributed by atoms with Gasteiger partial charge in [-0.2, -0.15) is 17.6 Å². The molecule has 1 atom stereocenters. The van der Waals surface area contributed by atoms with E-state index in [1.807, 2.05) is 12.3 Å². The zero-order valence-electron chi connectivity index (χ0n) is 7.77. The van der Waals surface area contributed by atoms with E-state index in [9.17, 15) is 0 Å². The molecule has 0 aromatic carbocycles. The number of thiazole rings is 1. The molecule has 5 N–H and O–H groups in total. The van der Waals surface area contributed by atoms with E-state index in [4.69, 9.17) is 11.5 Å². The summed E-state index contributed by atoms with van der Waals surface area (Å²) in [4.78, 5) is 8.04. The Morgan fingerprint density at radius 3 is 3.07 bits per heavy atom. The fourth-order valence-corrected chi connectivity index (χ4v) is 2.01. The molecule has 1 heterocycles. The van der Waals surface area contributed by atoms with Gasteiger partial charge < -0.3 is 16.8 Å². The van der Waals surface area contributed by atoms with Gasteiger partial charge in [0, 0.05) is 5.38 Å². The van der Waals surface area contributed by atoms with Crippen LogP contribution >= 0.6 is 24.0 Å². The van der Waals surface area contributed by atoms with Gasteiger partial charge in [0.1, 0.15) is 0 Å². The molecule has 0 bridgehead atoms. The standard InChI is InChI=1S/C7H13N5S2/c1-2-10-5(13)4-3-14-7(11-4)12-6(8)9/h3,5,10,13H,2H2,1H3,(H4,8,9,11,12). The molecule has 1 aromatic rings. The Balaban J connectivity index is 2.72.